The highest BCUT2D eigenvalue weighted by Gasteiger charge is 2.09. The number of aromatic amines is 1. The number of hydrazone groups is 1. The second-order valence-corrected chi connectivity index (χ2v) is 6.03. The van der Waals surface area contributed by atoms with Gasteiger partial charge in [0.25, 0.3) is 0 Å². The van der Waals surface area contributed by atoms with Crippen LogP contribution in [0.4, 0.5) is 0 Å². The van der Waals surface area contributed by atoms with Gasteiger partial charge < -0.3 is 15.0 Å². The molecule has 0 amide bonds. The van der Waals surface area contributed by atoms with Crippen LogP contribution in [-0.2, 0) is 4.74 Å². The summed E-state index contributed by atoms with van der Waals surface area (Å²) in [7, 11) is 0. The fourth-order valence-electron chi connectivity index (χ4n) is 2.50. The molecular formula is C16H22N6OS. The van der Waals surface area contributed by atoms with Crippen LogP contribution in [0.25, 0.3) is 11.0 Å². The van der Waals surface area contributed by atoms with Gasteiger partial charge in [0.15, 0.2) is 10.9 Å². The van der Waals surface area contributed by atoms with Crippen molar-refractivity contribution in [2.24, 2.45) is 5.10 Å². The lowest BCUT2D eigenvalue weighted by atomic mass is 10.3. The van der Waals surface area contributed by atoms with Crippen molar-refractivity contribution < 1.29 is 4.74 Å². The zero-order valence-electron chi connectivity index (χ0n) is 13.7. The Bertz CT molecular complexity index is 689. The number of ether oxygens (including phenoxy) is 1. The maximum absolute atomic E-state index is 5.33. The number of fused-ring (bicyclic) bond motifs is 1. The summed E-state index contributed by atoms with van der Waals surface area (Å²) < 4.78 is 5.33. The second kappa shape index (κ2) is 8.18. The van der Waals surface area contributed by atoms with Gasteiger partial charge in [-0.2, -0.15) is 5.10 Å². The van der Waals surface area contributed by atoms with Crippen molar-refractivity contribution in [3.05, 3.63) is 30.1 Å². The van der Waals surface area contributed by atoms with Crippen LogP contribution in [0, 0.1) is 0 Å². The minimum atomic E-state index is 0.513. The summed E-state index contributed by atoms with van der Waals surface area (Å²) >= 11 is 5.25. The molecule has 2 heterocycles. The quantitative estimate of drug-likeness (QED) is 0.427. The lowest BCUT2D eigenvalue weighted by Crippen LogP contribution is -2.42. The highest BCUT2D eigenvalue weighted by atomic mass is 32.1. The van der Waals surface area contributed by atoms with Gasteiger partial charge in [0.2, 0.25) is 0 Å². The Labute approximate surface area is 146 Å². The van der Waals surface area contributed by atoms with Crippen molar-refractivity contribution in [2.75, 3.05) is 39.4 Å². The summed E-state index contributed by atoms with van der Waals surface area (Å²) in [5.41, 5.74) is 5.54. The van der Waals surface area contributed by atoms with Crippen molar-refractivity contribution in [1.82, 2.24) is 25.6 Å². The molecule has 0 unspecified atom stereocenters. The molecule has 2 aromatic rings. The number of morpholine rings is 1. The number of aromatic nitrogens is 2. The molecule has 1 aromatic carbocycles. The molecule has 24 heavy (non-hydrogen) atoms. The molecule has 3 N–H and O–H groups in total. The number of imidazole rings is 1. The summed E-state index contributed by atoms with van der Waals surface area (Å²) in [6.45, 7) is 7.19. The SMILES string of the molecule is C/C(=N\NC(=S)NCCN1CCOCC1)c1nc2ccccc2[nH]1. The van der Waals surface area contributed by atoms with E-state index in [1.54, 1.807) is 0 Å². The fourth-order valence-corrected chi connectivity index (χ4v) is 2.65. The van der Waals surface area contributed by atoms with Gasteiger partial charge in [-0.15, -0.1) is 0 Å². The fraction of sp³-hybridized carbons (Fsp3) is 0.438. The first-order valence-corrected chi connectivity index (χ1v) is 8.46. The first-order chi connectivity index (χ1) is 11.7. The normalized spacial score (nSPS) is 16.3. The Kier molecular flexibility index (Phi) is 5.73. The van der Waals surface area contributed by atoms with E-state index in [4.69, 9.17) is 17.0 Å². The summed E-state index contributed by atoms with van der Waals surface area (Å²) in [6, 6.07) is 7.89. The van der Waals surface area contributed by atoms with Crippen LogP contribution in [-0.4, -0.2) is 65.1 Å². The third-order valence-corrected chi connectivity index (χ3v) is 4.11. The summed E-state index contributed by atoms with van der Waals surface area (Å²) in [5, 5.41) is 7.97. The van der Waals surface area contributed by atoms with Crippen LogP contribution < -0.4 is 10.7 Å². The number of benzene rings is 1. The van der Waals surface area contributed by atoms with E-state index in [2.05, 4.69) is 30.7 Å². The van der Waals surface area contributed by atoms with E-state index < -0.39 is 0 Å². The number of thiocarbonyl (C=S) groups is 1. The maximum atomic E-state index is 5.33. The average molecular weight is 346 g/mol. The van der Waals surface area contributed by atoms with Gasteiger partial charge >= 0.3 is 0 Å². The molecule has 128 valence electrons. The van der Waals surface area contributed by atoms with Crippen molar-refractivity contribution in [1.29, 1.82) is 0 Å². The van der Waals surface area contributed by atoms with E-state index in [0.29, 0.717) is 5.11 Å². The molecule has 1 aromatic heterocycles. The van der Waals surface area contributed by atoms with Crippen LogP contribution in [0.1, 0.15) is 12.7 Å². The van der Waals surface area contributed by atoms with E-state index in [1.165, 1.54) is 0 Å². The predicted octanol–water partition coefficient (Wildman–Crippen LogP) is 1.08. The number of hydrogen-bond donors (Lipinski definition) is 3. The number of rotatable bonds is 5. The molecule has 0 bridgehead atoms. The summed E-state index contributed by atoms with van der Waals surface area (Å²) in [4.78, 5) is 10.1. The molecule has 1 saturated heterocycles. The van der Waals surface area contributed by atoms with Crippen molar-refractivity contribution >= 4 is 34.1 Å². The Balaban J connectivity index is 1.46. The van der Waals surface area contributed by atoms with E-state index in [0.717, 1.165) is 62.0 Å². The molecule has 1 aliphatic rings. The number of hydrogen-bond acceptors (Lipinski definition) is 5. The number of nitrogens with zero attached hydrogens (tertiary/aromatic N) is 3. The van der Waals surface area contributed by atoms with Crippen molar-refractivity contribution in [3.63, 3.8) is 0 Å². The molecule has 3 rings (SSSR count). The van der Waals surface area contributed by atoms with Gasteiger partial charge in [-0.25, -0.2) is 4.98 Å². The number of para-hydroxylation sites is 2. The van der Waals surface area contributed by atoms with Gasteiger partial charge in [0, 0.05) is 26.2 Å². The first kappa shape index (κ1) is 16.8. The summed E-state index contributed by atoms with van der Waals surface area (Å²) in [6.07, 6.45) is 0. The largest absolute Gasteiger partial charge is 0.379 e. The third kappa shape index (κ3) is 4.50. The predicted molar refractivity (Wildman–Crippen MR) is 99.3 cm³/mol. The first-order valence-electron chi connectivity index (χ1n) is 8.06. The van der Waals surface area contributed by atoms with Gasteiger partial charge in [-0.1, -0.05) is 12.1 Å². The summed E-state index contributed by atoms with van der Waals surface area (Å²) in [5.74, 6) is 0.736. The molecule has 0 saturated carbocycles. The molecule has 8 heteroatoms. The molecule has 0 spiro atoms. The Hall–Kier alpha value is -2.03. The van der Waals surface area contributed by atoms with E-state index >= 15 is 0 Å². The Morgan fingerprint density at radius 2 is 2.17 bits per heavy atom. The average Bonchev–Trinajstić information content (AvgIpc) is 3.05. The van der Waals surface area contributed by atoms with Gasteiger partial charge in [0.05, 0.1) is 24.2 Å². The second-order valence-electron chi connectivity index (χ2n) is 5.62. The molecule has 1 fully saturated rings. The molecular weight excluding hydrogens is 324 g/mol. The highest BCUT2D eigenvalue weighted by Crippen LogP contribution is 2.10. The van der Waals surface area contributed by atoms with E-state index in [-0.39, 0.29) is 0 Å². The lowest BCUT2D eigenvalue weighted by Gasteiger charge is -2.26. The van der Waals surface area contributed by atoms with E-state index in [1.807, 2.05) is 31.2 Å². The third-order valence-electron chi connectivity index (χ3n) is 3.87. The Morgan fingerprint density at radius 1 is 1.38 bits per heavy atom. The lowest BCUT2D eigenvalue weighted by molar-refractivity contribution is 0.0389. The molecule has 0 aliphatic carbocycles. The maximum Gasteiger partial charge on any atom is 0.187 e. The van der Waals surface area contributed by atoms with Gasteiger partial charge in [0.1, 0.15) is 5.71 Å². The zero-order chi connectivity index (χ0) is 16.8. The van der Waals surface area contributed by atoms with Crippen LogP contribution in [0.15, 0.2) is 29.4 Å². The molecule has 1 aliphatic heterocycles. The molecule has 7 nitrogen and oxygen atoms in total. The minimum absolute atomic E-state index is 0.513. The monoisotopic (exact) mass is 346 g/mol. The minimum Gasteiger partial charge on any atom is -0.379 e. The highest BCUT2D eigenvalue weighted by molar-refractivity contribution is 7.80. The zero-order valence-corrected chi connectivity index (χ0v) is 14.5. The van der Waals surface area contributed by atoms with Crippen LogP contribution in [0.2, 0.25) is 0 Å². The van der Waals surface area contributed by atoms with Crippen molar-refractivity contribution in [3.8, 4) is 0 Å². The van der Waals surface area contributed by atoms with E-state index in [9.17, 15) is 0 Å². The smallest absolute Gasteiger partial charge is 0.187 e. The van der Waals surface area contributed by atoms with Crippen molar-refractivity contribution in [2.45, 2.75) is 6.92 Å². The van der Waals surface area contributed by atoms with Gasteiger partial charge in [-0.05, 0) is 31.3 Å². The molecule has 0 atom stereocenters. The topological polar surface area (TPSA) is 77.6 Å². The number of H-pyrrole nitrogens is 1. The van der Waals surface area contributed by atoms with Crippen LogP contribution in [0.5, 0.6) is 0 Å². The number of nitrogens with one attached hydrogen (secondary N) is 3. The van der Waals surface area contributed by atoms with Gasteiger partial charge in [-0.3, -0.25) is 10.3 Å². The van der Waals surface area contributed by atoms with Crippen LogP contribution in [0.3, 0.4) is 0 Å². The van der Waals surface area contributed by atoms with Crippen LogP contribution >= 0.6 is 12.2 Å². The molecule has 0 radical (unpaired) electrons. The Morgan fingerprint density at radius 3 is 2.96 bits per heavy atom. The standard InChI is InChI=1S/C16H22N6OS/c1-12(15-18-13-4-2-3-5-14(13)19-15)20-21-16(24)17-6-7-22-8-10-23-11-9-22/h2-5H,6-11H2,1H3,(H,18,19)(H2,17,21,24)/b20-12+.